The van der Waals surface area contributed by atoms with E-state index in [9.17, 15) is 27.6 Å². The van der Waals surface area contributed by atoms with Crippen molar-refractivity contribution in [2.24, 2.45) is 0 Å². The number of hydrogen-bond donors (Lipinski definition) is 1. The van der Waals surface area contributed by atoms with Crippen molar-refractivity contribution in [3.63, 3.8) is 0 Å². The van der Waals surface area contributed by atoms with E-state index < -0.39 is 17.7 Å². The van der Waals surface area contributed by atoms with Gasteiger partial charge in [-0.1, -0.05) is 54.3 Å². The number of nitrogens with one attached hydrogen (secondary N) is 1. The van der Waals surface area contributed by atoms with Gasteiger partial charge in [-0.15, -0.1) is 11.3 Å². The first-order chi connectivity index (χ1) is 19.0. The van der Waals surface area contributed by atoms with Crippen LogP contribution in [0, 0.1) is 0 Å². The van der Waals surface area contributed by atoms with Crippen LogP contribution in [-0.4, -0.2) is 45.6 Å². The smallest absolute Gasteiger partial charge is 0.416 e. The van der Waals surface area contributed by atoms with Gasteiger partial charge in [0, 0.05) is 30.5 Å². The Kier molecular flexibility index (Phi) is 9.38. The van der Waals surface area contributed by atoms with Crippen molar-refractivity contribution in [1.29, 1.82) is 0 Å². The summed E-state index contributed by atoms with van der Waals surface area (Å²) in [6.45, 7) is 0.259. The zero-order valence-corrected chi connectivity index (χ0v) is 23.4. The summed E-state index contributed by atoms with van der Waals surface area (Å²) in [5, 5.41) is 3.04. The standard InChI is InChI=1S/C27H22F3N3O4S3/c1-37-24(36)18-9-7-16(8-10-18)14-21-23(35)33(26(38)40-21)11-3-6-22(34)32-25-31-15-20(39-25)13-17-4-2-5-19(12-17)27(28,29)30/h2,4-5,7-10,12,14-15H,3,6,11,13H2,1H3,(H,31,32,34). The molecule has 2 heterocycles. The number of aromatic nitrogens is 1. The van der Waals surface area contributed by atoms with Gasteiger partial charge in [0.1, 0.15) is 4.32 Å². The summed E-state index contributed by atoms with van der Waals surface area (Å²) in [7, 11) is 1.30. The maximum absolute atomic E-state index is 12.9. The normalized spacial score (nSPS) is 14.6. The predicted octanol–water partition coefficient (Wildman–Crippen LogP) is 6.16. The number of carbonyl (C=O) groups is 3. The van der Waals surface area contributed by atoms with E-state index in [1.807, 2.05) is 0 Å². The summed E-state index contributed by atoms with van der Waals surface area (Å²) in [5.41, 5.74) is 0.903. The van der Waals surface area contributed by atoms with E-state index in [0.717, 1.165) is 29.5 Å². The first-order valence-electron chi connectivity index (χ1n) is 11.9. The molecule has 1 aliphatic heterocycles. The number of thiocarbonyl (C=S) groups is 1. The molecular weight excluding hydrogens is 584 g/mol. The lowest BCUT2D eigenvalue weighted by Crippen LogP contribution is -2.29. The molecule has 0 aliphatic carbocycles. The van der Waals surface area contributed by atoms with Crippen molar-refractivity contribution >= 4 is 68.6 Å². The zero-order chi connectivity index (χ0) is 28.9. The van der Waals surface area contributed by atoms with Crippen molar-refractivity contribution in [1.82, 2.24) is 9.88 Å². The lowest BCUT2D eigenvalue weighted by molar-refractivity contribution is -0.137. The molecule has 3 aromatic rings. The highest BCUT2D eigenvalue weighted by Crippen LogP contribution is 2.33. The largest absolute Gasteiger partial charge is 0.465 e. The molecule has 0 radical (unpaired) electrons. The number of rotatable bonds is 9. The second-order valence-electron chi connectivity index (χ2n) is 8.61. The molecule has 1 saturated heterocycles. The second kappa shape index (κ2) is 12.7. The van der Waals surface area contributed by atoms with Crippen LogP contribution in [0.2, 0.25) is 0 Å². The van der Waals surface area contributed by atoms with Gasteiger partial charge in [0.2, 0.25) is 5.91 Å². The van der Waals surface area contributed by atoms with E-state index >= 15 is 0 Å². The molecule has 2 aromatic carbocycles. The second-order valence-corrected chi connectivity index (χ2v) is 11.4. The van der Waals surface area contributed by atoms with Crippen LogP contribution < -0.4 is 5.32 Å². The highest BCUT2D eigenvalue weighted by molar-refractivity contribution is 8.26. The number of ether oxygens (including phenoxy) is 1. The Morgan fingerprint density at radius 1 is 1.18 bits per heavy atom. The van der Waals surface area contributed by atoms with Crippen molar-refractivity contribution in [2.45, 2.75) is 25.4 Å². The summed E-state index contributed by atoms with van der Waals surface area (Å²) in [6.07, 6.45) is -0.463. The van der Waals surface area contributed by atoms with Crippen LogP contribution in [0.1, 0.15) is 44.8 Å². The minimum absolute atomic E-state index is 0.119. The van der Waals surface area contributed by atoms with Crippen LogP contribution in [0.3, 0.4) is 0 Å². The molecule has 1 aromatic heterocycles. The quantitative estimate of drug-likeness (QED) is 0.178. The fourth-order valence-electron chi connectivity index (χ4n) is 3.76. The fourth-order valence-corrected chi connectivity index (χ4v) is 5.93. The average Bonchev–Trinajstić information content (AvgIpc) is 3.46. The van der Waals surface area contributed by atoms with Crippen LogP contribution in [0.4, 0.5) is 18.3 Å². The molecule has 2 amide bonds. The first-order valence-corrected chi connectivity index (χ1v) is 13.9. The number of thiazole rings is 1. The van der Waals surface area contributed by atoms with Crippen LogP contribution in [0.25, 0.3) is 6.08 Å². The van der Waals surface area contributed by atoms with Gasteiger partial charge in [-0.3, -0.25) is 14.5 Å². The number of carbonyl (C=O) groups excluding carboxylic acids is 3. The van der Waals surface area contributed by atoms with Gasteiger partial charge < -0.3 is 10.1 Å². The number of anilines is 1. The van der Waals surface area contributed by atoms with E-state index in [4.69, 9.17) is 12.2 Å². The zero-order valence-electron chi connectivity index (χ0n) is 21.0. The van der Waals surface area contributed by atoms with E-state index in [-0.39, 0.29) is 31.2 Å². The van der Waals surface area contributed by atoms with E-state index in [1.165, 1.54) is 35.6 Å². The third-order valence-corrected chi connectivity index (χ3v) is 8.01. The van der Waals surface area contributed by atoms with Crippen LogP contribution in [0.5, 0.6) is 0 Å². The van der Waals surface area contributed by atoms with Gasteiger partial charge >= 0.3 is 12.1 Å². The van der Waals surface area contributed by atoms with Gasteiger partial charge in [0.15, 0.2) is 5.13 Å². The number of benzene rings is 2. The Hall–Kier alpha value is -3.55. The number of hydrogen-bond acceptors (Lipinski definition) is 8. The molecular formula is C27H22F3N3O4S3. The maximum Gasteiger partial charge on any atom is 0.416 e. The molecule has 208 valence electrons. The van der Waals surface area contributed by atoms with E-state index in [0.29, 0.717) is 36.8 Å². The van der Waals surface area contributed by atoms with Crippen molar-refractivity contribution in [3.8, 4) is 0 Å². The molecule has 0 atom stereocenters. The summed E-state index contributed by atoms with van der Waals surface area (Å²) >= 11 is 7.70. The van der Waals surface area contributed by atoms with Crippen LogP contribution in [-0.2, 0) is 26.9 Å². The predicted molar refractivity (Wildman–Crippen MR) is 152 cm³/mol. The maximum atomic E-state index is 12.9. The number of thioether (sulfide) groups is 1. The topological polar surface area (TPSA) is 88.6 Å². The van der Waals surface area contributed by atoms with E-state index in [1.54, 1.807) is 36.4 Å². The van der Waals surface area contributed by atoms with Gasteiger partial charge in [-0.2, -0.15) is 13.2 Å². The molecule has 0 bridgehead atoms. The van der Waals surface area contributed by atoms with E-state index in [2.05, 4.69) is 15.0 Å². The Morgan fingerprint density at radius 2 is 1.93 bits per heavy atom. The number of halogens is 3. The molecule has 0 saturated carbocycles. The number of methoxy groups -OCH3 is 1. The fraction of sp³-hybridized carbons (Fsp3) is 0.222. The monoisotopic (exact) mass is 605 g/mol. The number of esters is 1. The highest BCUT2D eigenvalue weighted by Gasteiger charge is 2.32. The third-order valence-electron chi connectivity index (χ3n) is 5.72. The molecule has 1 fully saturated rings. The van der Waals surface area contributed by atoms with Gasteiger partial charge in [-0.05, 0) is 41.8 Å². The molecule has 4 rings (SSSR count). The average molecular weight is 606 g/mol. The number of alkyl halides is 3. The molecule has 1 aliphatic rings. The molecule has 0 unspecified atom stereocenters. The van der Waals surface area contributed by atoms with Crippen LogP contribution >= 0.6 is 35.3 Å². The molecule has 40 heavy (non-hydrogen) atoms. The van der Waals surface area contributed by atoms with Crippen molar-refractivity contribution in [2.75, 3.05) is 19.0 Å². The minimum atomic E-state index is -4.41. The molecule has 1 N–H and O–H groups in total. The van der Waals surface area contributed by atoms with Gasteiger partial charge in [-0.25, -0.2) is 9.78 Å². The highest BCUT2D eigenvalue weighted by atomic mass is 32.2. The summed E-state index contributed by atoms with van der Waals surface area (Å²) in [4.78, 5) is 43.6. The number of nitrogens with zero attached hydrogens (tertiary/aromatic N) is 2. The lowest BCUT2D eigenvalue weighted by Gasteiger charge is -2.13. The Bertz CT molecular complexity index is 1470. The lowest BCUT2D eigenvalue weighted by atomic mass is 10.1. The third kappa shape index (κ3) is 7.55. The van der Waals surface area contributed by atoms with Crippen molar-refractivity contribution < 1.29 is 32.3 Å². The Morgan fingerprint density at radius 3 is 2.62 bits per heavy atom. The SMILES string of the molecule is COC(=O)c1ccc(C=C2SC(=S)N(CCCC(=O)Nc3ncc(Cc4cccc(C(F)(F)F)c4)s3)C2=O)cc1. The number of amides is 2. The summed E-state index contributed by atoms with van der Waals surface area (Å²) in [5.74, 6) is -1.01. The summed E-state index contributed by atoms with van der Waals surface area (Å²) < 4.78 is 43.9. The van der Waals surface area contributed by atoms with Gasteiger partial charge in [0.25, 0.3) is 5.91 Å². The summed E-state index contributed by atoms with van der Waals surface area (Å²) in [6, 6.07) is 11.7. The Balaban J connectivity index is 1.26. The van der Waals surface area contributed by atoms with Crippen molar-refractivity contribution in [3.05, 3.63) is 86.8 Å². The first kappa shape index (κ1) is 29.4. The van der Waals surface area contributed by atoms with Gasteiger partial charge in [0.05, 0.1) is 23.1 Å². The molecule has 13 heteroatoms. The minimum Gasteiger partial charge on any atom is -0.465 e. The Labute approximate surface area is 241 Å². The molecule has 7 nitrogen and oxygen atoms in total. The van der Waals surface area contributed by atoms with Crippen LogP contribution in [0.15, 0.2) is 59.6 Å². The molecule has 0 spiro atoms.